The van der Waals surface area contributed by atoms with Gasteiger partial charge in [0.25, 0.3) is 0 Å². The van der Waals surface area contributed by atoms with Gasteiger partial charge in [0.05, 0.1) is 10.4 Å². The largest absolute Gasteiger partial charge is 0.203 e. The highest BCUT2D eigenvalue weighted by atomic mass is 79.9. The second-order valence-corrected chi connectivity index (χ2v) is 4.17. The topological polar surface area (TPSA) is 3.88 Å². The fourth-order valence-electron chi connectivity index (χ4n) is 1.77. The van der Waals surface area contributed by atoms with Crippen molar-refractivity contribution in [2.75, 3.05) is 0 Å². The standard InChI is InChI=1S/C10H11BrN/c1-7-3-4-8-5-9(11)6-12(2)10(7)8/h3-7H,1-2H3/q+1. The number of aryl methyl sites for hydroxylation is 1. The Balaban J connectivity index is 2.66. The number of nitrogens with zero attached hydrogens (tertiary/aromatic N) is 1. The number of allylic oxidation sites excluding steroid dienone is 1. The number of pyridine rings is 1. The lowest BCUT2D eigenvalue weighted by Gasteiger charge is -2.02. The number of aromatic nitrogens is 1. The minimum absolute atomic E-state index is 0.554. The van der Waals surface area contributed by atoms with Crippen molar-refractivity contribution in [3.63, 3.8) is 0 Å². The lowest BCUT2D eigenvalue weighted by atomic mass is 10.1. The maximum atomic E-state index is 3.48. The van der Waals surface area contributed by atoms with Gasteiger partial charge in [-0.05, 0) is 28.9 Å². The van der Waals surface area contributed by atoms with Crippen LogP contribution in [0.3, 0.4) is 0 Å². The smallest absolute Gasteiger partial charge is 0.195 e. The molecule has 0 N–H and O–H groups in total. The SMILES string of the molecule is CC1C=Cc2cc(Br)c[n+](C)c21. The van der Waals surface area contributed by atoms with E-state index in [1.54, 1.807) is 0 Å². The van der Waals surface area contributed by atoms with Gasteiger partial charge in [0.2, 0.25) is 0 Å². The molecular weight excluding hydrogens is 214 g/mol. The first-order valence-corrected chi connectivity index (χ1v) is 4.85. The molecule has 1 aliphatic carbocycles. The Bertz CT molecular complexity index is 355. The predicted molar refractivity (Wildman–Crippen MR) is 52.8 cm³/mol. The molecule has 12 heavy (non-hydrogen) atoms. The van der Waals surface area contributed by atoms with Gasteiger partial charge in [-0.2, -0.15) is 0 Å². The highest BCUT2D eigenvalue weighted by Crippen LogP contribution is 2.27. The van der Waals surface area contributed by atoms with Crippen molar-refractivity contribution in [2.45, 2.75) is 12.8 Å². The maximum Gasteiger partial charge on any atom is 0.195 e. The fraction of sp³-hybridized carbons (Fsp3) is 0.300. The third kappa shape index (κ3) is 1.11. The van der Waals surface area contributed by atoms with Gasteiger partial charge < -0.3 is 0 Å². The Morgan fingerprint density at radius 1 is 1.50 bits per heavy atom. The van der Waals surface area contributed by atoms with Crippen LogP contribution in [0.15, 0.2) is 22.8 Å². The average molecular weight is 225 g/mol. The maximum absolute atomic E-state index is 3.48. The molecule has 2 heteroatoms. The van der Waals surface area contributed by atoms with Crippen molar-refractivity contribution in [1.82, 2.24) is 0 Å². The summed E-state index contributed by atoms with van der Waals surface area (Å²) < 4.78 is 3.33. The molecule has 1 nitrogen and oxygen atoms in total. The van der Waals surface area contributed by atoms with Crippen molar-refractivity contribution in [1.29, 1.82) is 0 Å². The van der Waals surface area contributed by atoms with Crippen LogP contribution in [0, 0.1) is 0 Å². The van der Waals surface area contributed by atoms with Gasteiger partial charge in [-0.15, -0.1) is 0 Å². The quantitative estimate of drug-likeness (QED) is 0.597. The molecule has 0 aromatic carbocycles. The van der Waals surface area contributed by atoms with E-state index in [4.69, 9.17) is 0 Å². The van der Waals surface area contributed by atoms with Crippen LogP contribution < -0.4 is 4.57 Å². The molecule has 0 amide bonds. The second-order valence-electron chi connectivity index (χ2n) is 3.26. The molecule has 1 atom stereocenters. The molecule has 0 spiro atoms. The molecule has 0 aliphatic heterocycles. The normalized spacial score (nSPS) is 19.8. The average Bonchev–Trinajstić information content (AvgIpc) is 2.31. The molecule has 1 aromatic rings. The van der Waals surface area contributed by atoms with Crippen LogP contribution in [0.25, 0.3) is 6.08 Å². The third-order valence-corrected chi connectivity index (χ3v) is 2.72. The molecule has 1 heterocycles. The van der Waals surface area contributed by atoms with Gasteiger partial charge in [0.1, 0.15) is 7.05 Å². The summed E-state index contributed by atoms with van der Waals surface area (Å²) in [5, 5.41) is 0. The van der Waals surface area contributed by atoms with Crippen LogP contribution in [0.1, 0.15) is 24.1 Å². The van der Waals surface area contributed by atoms with E-state index in [1.807, 2.05) is 0 Å². The van der Waals surface area contributed by atoms with Crippen LogP contribution >= 0.6 is 15.9 Å². The van der Waals surface area contributed by atoms with Gasteiger partial charge in [-0.25, -0.2) is 4.57 Å². The number of hydrogen-bond acceptors (Lipinski definition) is 0. The lowest BCUT2D eigenvalue weighted by Crippen LogP contribution is -2.34. The van der Waals surface area contributed by atoms with Gasteiger partial charge in [-0.3, -0.25) is 0 Å². The van der Waals surface area contributed by atoms with E-state index < -0.39 is 0 Å². The summed E-state index contributed by atoms with van der Waals surface area (Å²) in [7, 11) is 2.09. The minimum atomic E-state index is 0.554. The van der Waals surface area contributed by atoms with Crippen molar-refractivity contribution in [2.24, 2.45) is 7.05 Å². The molecule has 62 valence electrons. The summed E-state index contributed by atoms with van der Waals surface area (Å²) in [6.07, 6.45) is 6.52. The highest BCUT2D eigenvalue weighted by molar-refractivity contribution is 9.10. The van der Waals surface area contributed by atoms with E-state index in [0.717, 1.165) is 4.47 Å². The van der Waals surface area contributed by atoms with Crippen molar-refractivity contribution < 1.29 is 4.57 Å². The zero-order valence-electron chi connectivity index (χ0n) is 7.21. The molecule has 0 bridgehead atoms. The van der Waals surface area contributed by atoms with Gasteiger partial charge in [0, 0.05) is 5.56 Å². The second kappa shape index (κ2) is 2.70. The Morgan fingerprint density at radius 3 is 3.00 bits per heavy atom. The fourth-order valence-corrected chi connectivity index (χ4v) is 2.33. The number of halogens is 1. The minimum Gasteiger partial charge on any atom is -0.203 e. The Hall–Kier alpha value is -0.630. The van der Waals surface area contributed by atoms with Gasteiger partial charge >= 0.3 is 0 Å². The van der Waals surface area contributed by atoms with Gasteiger partial charge in [-0.1, -0.05) is 12.2 Å². The molecular formula is C10H11BrN+. The van der Waals surface area contributed by atoms with E-state index in [0.29, 0.717) is 5.92 Å². The Labute approximate surface area is 80.9 Å². The van der Waals surface area contributed by atoms with E-state index in [1.165, 1.54) is 11.3 Å². The molecule has 1 aliphatic rings. The van der Waals surface area contributed by atoms with E-state index in [9.17, 15) is 0 Å². The van der Waals surface area contributed by atoms with Crippen molar-refractivity contribution in [3.8, 4) is 0 Å². The number of rotatable bonds is 0. The van der Waals surface area contributed by atoms with Crippen LogP contribution in [0.5, 0.6) is 0 Å². The monoisotopic (exact) mass is 224 g/mol. The van der Waals surface area contributed by atoms with Crippen LogP contribution in [0.2, 0.25) is 0 Å². The lowest BCUT2D eigenvalue weighted by molar-refractivity contribution is -0.680. The van der Waals surface area contributed by atoms with E-state index in [-0.39, 0.29) is 0 Å². The molecule has 0 saturated heterocycles. The zero-order chi connectivity index (χ0) is 8.72. The summed E-state index contributed by atoms with van der Waals surface area (Å²) >= 11 is 3.48. The Morgan fingerprint density at radius 2 is 2.25 bits per heavy atom. The first-order chi connectivity index (χ1) is 5.68. The summed E-state index contributed by atoms with van der Waals surface area (Å²) in [5.41, 5.74) is 2.73. The molecule has 1 unspecified atom stereocenters. The summed E-state index contributed by atoms with van der Waals surface area (Å²) in [5.74, 6) is 0.554. The van der Waals surface area contributed by atoms with Gasteiger partial charge in [0.15, 0.2) is 11.9 Å². The highest BCUT2D eigenvalue weighted by Gasteiger charge is 2.22. The molecule has 0 radical (unpaired) electrons. The Kier molecular flexibility index (Phi) is 1.80. The van der Waals surface area contributed by atoms with Crippen LogP contribution in [0.4, 0.5) is 0 Å². The summed E-state index contributed by atoms with van der Waals surface area (Å²) in [6.45, 7) is 2.22. The van der Waals surface area contributed by atoms with Crippen molar-refractivity contribution in [3.05, 3.63) is 34.1 Å². The van der Waals surface area contributed by atoms with E-state index >= 15 is 0 Å². The first-order valence-electron chi connectivity index (χ1n) is 4.06. The predicted octanol–water partition coefficient (Wildman–Crippen LogP) is 2.40. The summed E-state index contributed by atoms with van der Waals surface area (Å²) in [6, 6.07) is 2.16. The number of fused-ring (bicyclic) bond motifs is 1. The van der Waals surface area contributed by atoms with Crippen LogP contribution in [-0.2, 0) is 7.05 Å². The first kappa shape index (κ1) is 7.99. The molecule has 0 saturated carbocycles. The molecule has 0 fully saturated rings. The number of hydrogen-bond donors (Lipinski definition) is 0. The van der Waals surface area contributed by atoms with Crippen LogP contribution in [-0.4, -0.2) is 0 Å². The summed E-state index contributed by atoms with van der Waals surface area (Å²) in [4.78, 5) is 0. The van der Waals surface area contributed by atoms with E-state index in [2.05, 4.69) is 58.9 Å². The molecule has 1 aromatic heterocycles. The third-order valence-electron chi connectivity index (χ3n) is 2.28. The van der Waals surface area contributed by atoms with Crippen molar-refractivity contribution >= 4 is 22.0 Å². The molecule has 2 rings (SSSR count). The zero-order valence-corrected chi connectivity index (χ0v) is 8.80.